The molecule has 0 saturated carbocycles. The SMILES string of the molecule is Cc1cccc(-c2noc(CCC#Cc3ccccn3)n2)c1. The second-order valence-electron chi connectivity index (χ2n) is 4.90. The molecule has 0 aliphatic rings. The largest absolute Gasteiger partial charge is 0.339 e. The summed E-state index contributed by atoms with van der Waals surface area (Å²) in [6, 6.07) is 13.7. The molecule has 4 heteroatoms. The number of nitrogens with zero attached hydrogens (tertiary/aromatic N) is 3. The van der Waals surface area contributed by atoms with E-state index in [1.54, 1.807) is 6.20 Å². The van der Waals surface area contributed by atoms with E-state index in [2.05, 4.69) is 27.0 Å². The quantitative estimate of drug-likeness (QED) is 0.693. The number of hydrogen-bond acceptors (Lipinski definition) is 4. The lowest BCUT2D eigenvalue weighted by Gasteiger charge is -1.95. The van der Waals surface area contributed by atoms with Crippen LogP contribution in [0.5, 0.6) is 0 Å². The molecular weight excluding hydrogens is 274 g/mol. The van der Waals surface area contributed by atoms with Crippen LogP contribution in [-0.2, 0) is 6.42 Å². The van der Waals surface area contributed by atoms with Gasteiger partial charge in [0.05, 0.1) is 0 Å². The zero-order chi connectivity index (χ0) is 15.2. The lowest BCUT2D eigenvalue weighted by atomic mass is 10.1. The highest BCUT2D eigenvalue weighted by molar-refractivity contribution is 5.55. The average molecular weight is 289 g/mol. The molecule has 0 bridgehead atoms. The third-order valence-electron chi connectivity index (χ3n) is 3.09. The molecule has 0 aliphatic carbocycles. The van der Waals surface area contributed by atoms with E-state index in [0.29, 0.717) is 24.6 Å². The summed E-state index contributed by atoms with van der Waals surface area (Å²) in [4.78, 5) is 8.56. The van der Waals surface area contributed by atoms with Gasteiger partial charge in [-0.1, -0.05) is 40.9 Å². The number of pyridine rings is 1. The Balaban J connectivity index is 1.62. The predicted octanol–water partition coefficient (Wildman–Crippen LogP) is 3.42. The van der Waals surface area contributed by atoms with Gasteiger partial charge in [-0.2, -0.15) is 4.98 Å². The molecule has 0 spiro atoms. The fourth-order valence-electron chi connectivity index (χ4n) is 2.02. The highest BCUT2D eigenvalue weighted by Crippen LogP contribution is 2.17. The first kappa shape index (κ1) is 14.0. The van der Waals surface area contributed by atoms with E-state index in [1.165, 1.54) is 5.56 Å². The van der Waals surface area contributed by atoms with Gasteiger partial charge in [0.2, 0.25) is 11.7 Å². The standard InChI is InChI=1S/C18H15N3O/c1-14-7-6-8-15(13-14)18-20-17(22-21-18)11-3-2-9-16-10-4-5-12-19-16/h4-8,10,12-13H,3,11H2,1H3. The van der Waals surface area contributed by atoms with Gasteiger partial charge in [0.1, 0.15) is 5.69 Å². The first-order valence-corrected chi connectivity index (χ1v) is 7.11. The minimum absolute atomic E-state index is 0.604. The number of aryl methyl sites for hydroxylation is 2. The average Bonchev–Trinajstić information content (AvgIpc) is 3.02. The van der Waals surface area contributed by atoms with Gasteiger partial charge >= 0.3 is 0 Å². The van der Waals surface area contributed by atoms with E-state index in [4.69, 9.17) is 4.52 Å². The van der Waals surface area contributed by atoms with Gasteiger partial charge in [-0.05, 0) is 31.0 Å². The summed E-state index contributed by atoms with van der Waals surface area (Å²) in [5, 5.41) is 4.02. The lowest BCUT2D eigenvalue weighted by Crippen LogP contribution is -1.85. The highest BCUT2D eigenvalue weighted by Gasteiger charge is 2.07. The van der Waals surface area contributed by atoms with Gasteiger partial charge in [0, 0.05) is 24.6 Å². The van der Waals surface area contributed by atoms with E-state index >= 15 is 0 Å². The Morgan fingerprint density at radius 1 is 1.14 bits per heavy atom. The molecule has 2 heterocycles. The van der Waals surface area contributed by atoms with Crippen molar-refractivity contribution >= 4 is 0 Å². The van der Waals surface area contributed by atoms with Crippen molar-refractivity contribution in [1.29, 1.82) is 0 Å². The number of benzene rings is 1. The molecule has 108 valence electrons. The van der Waals surface area contributed by atoms with Crippen molar-refractivity contribution in [3.05, 3.63) is 65.8 Å². The van der Waals surface area contributed by atoms with Crippen LogP contribution in [-0.4, -0.2) is 15.1 Å². The van der Waals surface area contributed by atoms with Gasteiger partial charge in [-0.3, -0.25) is 0 Å². The molecule has 1 aromatic carbocycles. The van der Waals surface area contributed by atoms with Crippen LogP contribution in [0.15, 0.2) is 53.2 Å². The first-order chi connectivity index (χ1) is 10.8. The molecule has 0 amide bonds. The zero-order valence-corrected chi connectivity index (χ0v) is 12.3. The van der Waals surface area contributed by atoms with Crippen LogP contribution in [0.1, 0.15) is 23.6 Å². The molecule has 4 nitrogen and oxygen atoms in total. The van der Waals surface area contributed by atoms with Crippen LogP contribution >= 0.6 is 0 Å². The molecule has 2 aromatic heterocycles. The molecule has 0 fully saturated rings. The van der Waals surface area contributed by atoms with Crippen LogP contribution in [0.2, 0.25) is 0 Å². The predicted molar refractivity (Wildman–Crippen MR) is 83.9 cm³/mol. The fourth-order valence-corrected chi connectivity index (χ4v) is 2.02. The molecule has 0 unspecified atom stereocenters. The van der Waals surface area contributed by atoms with Gasteiger partial charge in [-0.15, -0.1) is 0 Å². The summed E-state index contributed by atoms with van der Waals surface area (Å²) >= 11 is 0. The molecule has 0 aliphatic heterocycles. The van der Waals surface area contributed by atoms with Crippen molar-refractivity contribution in [2.24, 2.45) is 0 Å². The topological polar surface area (TPSA) is 51.8 Å². The lowest BCUT2D eigenvalue weighted by molar-refractivity contribution is 0.380. The third-order valence-corrected chi connectivity index (χ3v) is 3.09. The zero-order valence-electron chi connectivity index (χ0n) is 12.3. The summed E-state index contributed by atoms with van der Waals surface area (Å²) in [5.41, 5.74) is 2.91. The van der Waals surface area contributed by atoms with Crippen LogP contribution in [0.4, 0.5) is 0 Å². The van der Waals surface area contributed by atoms with E-state index in [1.807, 2.05) is 49.4 Å². The third kappa shape index (κ3) is 3.58. The van der Waals surface area contributed by atoms with Crippen molar-refractivity contribution < 1.29 is 4.52 Å². The summed E-state index contributed by atoms with van der Waals surface area (Å²) in [7, 11) is 0. The normalized spacial score (nSPS) is 10.0. The van der Waals surface area contributed by atoms with Crippen molar-refractivity contribution in [2.45, 2.75) is 19.8 Å². The molecular formula is C18H15N3O. The smallest absolute Gasteiger partial charge is 0.227 e. The van der Waals surface area contributed by atoms with Crippen molar-refractivity contribution in [3.8, 4) is 23.2 Å². The maximum absolute atomic E-state index is 5.27. The summed E-state index contributed by atoms with van der Waals surface area (Å²) < 4.78 is 5.27. The molecule has 3 rings (SSSR count). The van der Waals surface area contributed by atoms with Gasteiger partial charge in [0.25, 0.3) is 0 Å². The maximum atomic E-state index is 5.27. The second-order valence-corrected chi connectivity index (χ2v) is 4.90. The number of aromatic nitrogens is 3. The molecule has 22 heavy (non-hydrogen) atoms. The monoisotopic (exact) mass is 289 g/mol. The Morgan fingerprint density at radius 3 is 2.91 bits per heavy atom. The molecule has 0 N–H and O–H groups in total. The van der Waals surface area contributed by atoms with Crippen molar-refractivity contribution in [2.75, 3.05) is 0 Å². The van der Waals surface area contributed by atoms with Gasteiger partial charge in [0.15, 0.2) is 0 Å². The summed E-state index contributed by atoms with van der Waals surface area (Å²) in [6.45, 7) is 2.04. The van der Waals surface area contributed by atoms with Gasteiger partial charge < -0.3 is 4.52 Å². The van der Waals surface area contributed by atoms with Crippen LogP contribution < -0.4 is 0 Å². The van der Waals surface area contributed by atoms with Crippen LogP contribution in [0.3, 0.4) is 0 Å². The van der Waals surface area contributed by atoms with E-state index in [9.17, 15) is 0 Å². The Labute approximate surface area is 129 Å². The number of hydrogen-bond donors (Lipinski definition) is 0. The minimum Gasteiger partial charge on any atom is -0.339 e. The first-order valence-electron chi connectivity index (χ1n) is 7.11. The molecule has 0 saturated heterocycles. The van der Waals surface area contributed by atoms with Crippen LogP contribution in [0.25, 0.3) is 11.4 Å². The Hall–Kier alpha value is -2.93. The molecule has 3 aromatic rings. The molecule has 0 radical (unpaired) electrons. The fraction of sp³-hybridized carbons (Fsp3) is 0.167. The maximum Gasteiger partial charge on any atom is 0.227 e. The van der Waals surface area contributed by atoms with Crippen molar-refractivity contribution in [3.63, 3.8) is 0 Å². The second kappa shape index (κ2) is 6.68. The van der Waals surface area contributed by atoms with E-state index in [0.717, 1.165) is 11.3 Å². The molecule has 0 atom stereocenters. The van der Waals surface area contributed by atoms with E-state index in [-0.39, 0.29) is 0 Å². The highest BCUT2D eigenvalue weighted by atomic mass is 16.5. The Morgan fingerprint density at radius 2 is 2.09 bits per heavy atom. The number of rotatable bonds is 3. The van der Waals surface area contributed by atoms with Gasteiger partial charge in [-0.25, -0.2) is 4.98 Å². The summed E-state index contributed by atoms with van der Waals surface area (Å²) in [5.74, 6) is 7.30. The minimum atomic E-state index is 0.604. The van der Waals surface area contributed by atoms with Crippen molar-refractivity contribution in [1.82, 2.24) is 15.1 Å². The summed E-state index contributed by atoms with van der Waals surface area (Å²) in [6.07, 6.45) is 3.03. The Kier molecular flexibility index (Phi) is 4.26. The van der Waals surface area contributed by atoms with Crippen LogP contribution in [0, 0.1) is 18.8 Å². The van der Waals surface area contributed by atoms with E-state index < -0.39 is 0 Å². The Bertz CT molecular complexity index is 813.